The standard InChI is InChI=1S/C21H23FN2O2/c1-26-24-14-16-4-6-17(7-5-16)20(25)23-15-21(12-2-3-13-21)18-8-10-19(22)11-9-18/h4-11,14H,2-3,12-13,15H2,1H3,(H,23,25)/b24-14+. The quantitative estimate of drug-likeness (QED) is 0.628. The second kappa shape index (κ2) is 8.13. The molecule has 1 aliphatic rings. The Morgan fingerprint density at radius 3 is 2.42 bits per heavy atom. The van der Waals surface area contributed by atoms with Gasteiger partial charge in [-0.1, -0.05) is 42.3 Å². The smallest absolute Gasteiger partial charge is 0.251 e. The molecule has 0 aliphatic heterocycles. The Morgan fingerprint density at radius 2 is 1.81 bits per heavy atom. The maximum Gasteiger partial charge on any atom is 0.251 e. The lowest BCUT2D eigenvalue weighted by atomic mass is 9.78. The molecule has 4 nitrogen and oxygen atoms in total. The van der Waals surface area contributed by atoms with E-state index in [0.717, 1.165) is 36.8 Å². The van der Waals surface area contributed by atoms with Crippen LogP contribution in [0, 0.1) is 5.82 Å². The van der Waals surface area contributed by atoms with Crippen LogP contribution in [-0.4, -0.2) is 25.8 Å². The van der Waals surface area contributed by atoms with Gasteiger partial charge >= 0.3 is 0 Å². The molecule has 26 heavy (non-hydrogen) atoms. The fourth-order valence-corrected chi connectivity index (χ4v) is 3.61. The number of hydrogen-bond donors (Lipinski definition) is 1. The Balaban J connectivity index is 1.68. The van der Waals surface area contributed by atoms with Gasteiger partial charge in [0.15, 0.2) is 0 Å². The average Bonchev–Trinajstić information content (AvgIpc) is 3.15. The summed E-state index contributed by atoms with van der Waals surface area (Å²) in [5.41, 5.74) is 2.46. The summed E-state index contributed by atoms with van der Waals surface area (Å²) in [6, 6.07) is 13.9. The van der Waals surface area contributed by atoms with Crippen LogP contribution >= 0.6 is 0 Å². The Morgan fingerprint density at radius 1 is 1.15 bits per heavy atom. The van der Waals surface area contributed by atoms with Crippen molar-refractivity contribution in [3.8, 4) is 0 Å². The summed E-state index contributed by atoms with van der Waals surface area (Å²) >= 11 is 0. The van der Waals surface area contributed by atoms with Crippen molar-refractivity contribution >= 4 is 12.1 Å². The largest absolute Gasteiger partial charge is 0.399 e. The van der Waals surface area contributed by atoms with Crippen LogP contribution in [-0.2, 0) is 10.3 Å². The highest BCUT2D eigenvalue weighted by molar-refractivity contribution is 5.95. The van der Waals surface area contributed by atoms with E-state index in [4.69, 9.17) is 0 Å². The molecule has 0 saturated heterocycles. The summed E-state index contributed by atoms with van der Waals surface area (Å²) in [4.78, 5) is 17.2. The van der Waals surface area contributed by atoms with Gasteiger partial charge in [-0.25, -0.2) is 4.39 Å². The molecule has 0 heterocycles. The molecule has 5 heteroatoms. The van der Waals surface area contributed by atoms with Gasteiger partial charge in [-0.2, -0.15) is 0 Å². The highest BCUT2D eigenvalue weighted by Crippen LogP contribution is 2.40. The van der Waals surface area contributed by atoms with Crippen LogP contribution in [0.15, 0.2) is 53.7 Å². The number of amides is 1. The minimum Gasteiger partial charge on any atom is -0.399 e. The summed E-state index contributed by atoms with van der Waals surface area (Å²) in [5.74, 6) is -0.336. The first-order chi connectivity index (χ1) is 12.6. The molecular formula is C21H23FN2O2. The van der Waals surface area contributed by atoms with Crippen LogP contribution in [0.3, 0.4) is 0 Å². The topological polar surface area (TPSA) is 50.7 Å². The predicted molar refractivity (Wildman–Crippen MR) is 99.9 cm³/mol. The lowest BCUT2D eigenvalue weighted by Gasteiger charge is -2.30. The van der Waals surface area contributed by atoms with Gasteiger partial charge in [0.25, 0.3) is 5.91 Å². The number of halogens is 1. The highest BCUT2D eigenvalue weighted by atomic mass is 19.1. The molecule has 3 rings (SSSR count). The number of nitrogens with one attached hydrogen (secondary N) is 1. The zero-order valence-electron chi connectivity index (χ0n) is 14.9. The van der Waals surface area contributed by atoms with Crippen molar-refractivity contribution in [1.82, 2.24) is 5.32 Å². The third-order valence-electron chi connectivity index (χ3n) is 5.08. The van der Waals surface area contributed by atoms with Crippen LogP contribution in [0.5, 0.6) is 0 Å². The molecular weight excluding hydrogens is 331 g/mol. The van der Waals surface area contributed by atoms with E-state index in [9.17, 15) is 9.18 Å². The van der Waals surface area contributed by atoms with Gasteiger partial charge in [0.2, 0.25) is 0 Å². The average molecular weight is 354 g/mol. The zero-order chi connectivity index (χ0) is 18.4. The van der Waals surface area contributed by atoms with E-state index in [1.165, 1.54) is 19.2 Å². The van der Waals surface area contributed by atoms with Crippen LogP contribution in [0.25, 0.3) is 0 Å². The Labute approximate surface area is 153 Å². The monoisotopic (exact) mass is 354 g/mol. The van der Waals surface area contributed by atoms with E-state index in [1.807, 2.05) is 24.3 Å². The number of carbonyl (C=O) groups excluding carboxylic acids is 1. The molecule has 1 saturated carbocycles. The first kappa shape index (κ1) is 18.1. The van der Waals surface area contributed by atoms with Crippen LogP contribution < -0.4 is 5.32 Å². The van der Waals surface area contributed by atoms with Gasteiger partial charge in [-0.15, -0.1) is 0 Å². The SMILES string of the molecule is CO/N=C/c1ccc(C(=O)NCC2(c3ccc(F)cc3)CCCC2)cc1. The van der Waals surface area contributed by atoms with Gasteiger partial charge in [0.1, 0.15) is 12.9 Å². The molecule has 0 atom stereocenters. The van der Waals surface area contributed by atoms with Gasteiger partial charge in [-0.05, 0) is 48.2 Å². The van der Waals surface area contributed by atoms with E-state index >= 15 is 0 Å². The molecule has 2 aromatic rings. The normalized spacial score (nSPS) is 15.9. The maximum atomic E-state index is 13.3. The summed E-state index contributed by atoms with van der Waals surface area (Å²) in [5, 5.41) is 6.77. The number of carbonyl (C=O) groups is 1. The van der Waals surface area contributed by atoms with Crippen molar-refractivity contribution in [1.29, 1.82) is 0 Å². The van der Waals surface area contributed by atoms with Crippen molar-refractivity contribution in [3.05, 3.63) is 71.0 Å². The minimum atomic E-state index is -0.233. The summed E-state index contributed by atoms with van der Waals surface area (Å²) in [6.45, 7) is 0.560. The minimum absolute atomic E-state index is 0.103. The van der Waals surface area contributed by atoms with Crippen LogP contribution in [0.4, 0.5) is 4.39 Å². The lowest BCUT2D eigenvalue weighted by molar-refractivity contribution is 0.0943. The first-order valence-electron chi connectivity index (χ1n) is 8.84. The fraction of sp³-hybridized carbons (Fsp3) is 0.333. The molecule has 0 unspecified atom stereocenters. The van der Waals surface area contributed by atoms with Gasteiger partial charge in [0.05, 0.1) is 6.21 Å². The molecule has 0 spiro atoms. The molecule has 1 N–H and O–H groups in total. The number of oxime groups is 1. The van der Waals surface area contributed by atoms with E-state index in [-0.39, 0.29) is 17.1 Å². The van der Waals surface area contributed by atoms with Crippen LogP contribution in [0.2, 0.25) is 0 Å². The van der Waals surface area contributed by atoms with E-state index in [0.29, 0.717) is 12.1 Å². The molecule has 1 amide bonds. The highest BCUT2D eigenvalue weighted by Gasteiger charge is 2.35. The van der Waals surface area contributed by atoms with E-state index in [2.05, 4.69) is 15.3 Å². The van der Waals surface area contributed by atoms with Gasteiger partial charge < -0.3 is 10.2 Å². The zero-order valence-corrected chi connectivity index (χ0v) is 14.9. The number of rotatable bonds is 6. The van der Waals surface area contributed by atoms with E-state index < -0.39 is 0 Å². The number of nitrogens with zero attached hydrogens (tertiary/aromatic N) is 1. The Kier molecular flexibility index (Phi) is 5.66. The number of benzene rings is 2. The molecule has 0 radical (unpaired) electrons. The number of hydrogen-bond acceptors (Lipinski definition) is 3. The summed E-state index contributed by atoms with van der Waals surface area (Å²) in [6.07, 6.45) is 5.85. The van der Waals surface area contributed by atoms with Gasteiger partial charge in [-0.3, -0.25) is 4.79 Å². The second-order valence-electron chi connectivity index (χ2n) is 6.72. The lowest BCUT2D eigenvalue weighted by Crippen LogP contribution is -2.39. The Bertz CT molecular complexity index is 764. The van der Waals surface area contributed by atoms with Crippen molar-refractivity contribution < 1.29 is 14.0 Å². The van der Waals surface area contributed by atoms with E-state index in [1.54, 1.807) is 18.3 Å². The summed E-state index contributed by atoms with van der Waals surface area (Å²) in [7, 11) is 1.48. The van der Waals surface area contributed by atoms with Crippen molar-refractivity contribution in [2.75, 3.05) is 13.7 Å². The maximum absolute atomic E-state index is 13.3. The third-order valence-corrected chi connectivity index (χ3v) is 5.08. The third kappa shape index (κ3) is 4.10. The molecule has 1 aliphatic carbocycles. The summed E-state index contributed by atoms with van der Waals surface area (Å²) < 4.78 is 13.3. The molecule has 0 bridgehead atoms. The Hall–Kier alpha value is -2.69. The molecule has 0 aromatic heterocycles. The van der Waals surface area contributed by atoms with Gasteiger partial charge in [0, 0.05) is 17.5 Å². The first-order valence-corrected chi connectivity index (χ1v) is 8.84. The van der Waals surface area contributed by atoms with Crippen LogP contribution in [0.1, 0.15) is 47.2 Å². The van der Waals surface area contributed by atoms with Crippen molar-refractivity contribution in [3.63, 3.8) is 0 Å². The molecule has 2 aromatic carbocycles. The van der Waals surface area contributed by atoms with Crippen molar-refractivity contribution in [2.45, 2.75) is 31.1 Å². The molecule has 1 fully saturated rings. The predicted octanol–water partition coefficient (Wildman–Crippen LogP) is 4.05. The molecule has 136 valence electrons. The second-order valence-corrected chi connectivity index (χ2v) is 6.72. The van der Waals surface area contributed by atoms with Crippen molar-refractivity contribution in [2.24, 2.45) is 5.16 Å². The fourth-order valence-electron chi connectivity index (χ4n) is 3.61.